The molecule has 0 aromatic heterocycles. The molecule has 2 unspecified atom stereocenters. The average Bonchev–Trinajstić information content (AvgIpc) is 2.35. The van der Waals surface area contributed by atoms with Gasteiger partial charge in [-0.25, -0.2) is 0 Å². The molecule has 0 aromatic carbocycles. The summed E-state index contributed by atoms with van der Waals surface area (Å²) >= 11 is 0. The maximum Gasteiger partial charge on any atom is 0.303 e. The number of rotatable bonds is 4. The largest absolute Gasteiger partial charge is 0.481 e. The van der Waals surface area contributed by atoms with Crippen LogP contribution < -0.4 is 5.32 Å². The van der Waals surface area contributed by atoms with E-state index in [1.54, 1.807) is 4.90 Å². The highest BCUT2D eigenvalue weighted by atomic mass is 16.4. The van der Waals surface area contributed by atoms with E-state index in [9.17, 15) is 14.4 Å². The second-order valence-corrected chi connectivity index (χ2v) is 7.52. The molecule has 0 bridgehead atoms. The quantitative estimate of drug-likeness (QED) is 0.823. The number of hydrogen-bond donors (Lipinski definition) is 2. The molecule has 1 aliphatic rings. The van der Waals surface area contributed by atoms with Gasteiger partial charge in [-0.05, 0) is 12.3 Å². The van der Waals surface area contributed by atoms with E-state index >= 15 is 0 Å². The molecule has 0 aliphatic carbocycles. The third-order valence-electron chi connectivity index (χ3n) is 3.82. The molecule has 6 nitrogen and oxygen atoms in total. The van der Waals surface area contributed by atoms with Gasteiger partial charge < -0.3 is 15.3 Å². The molecule has 2 amide bonds. The molecule has 126 valence electrons. The van der Waals surface area contributed by atoms with Crippen molar-refractivity contribution in [2.75, 3.05) is 13.1 Å². The van der Waals surface area contributed by atoms with Crippen LogP contribution >= 0.6 is 0 Å². The number of carbonyl (C=O) groups is 3. The number of likely N-dealkylation sites (tertiary alicyclic amines) is 1. The number of carboxylic acid groups (broad SMARTS) is 1. The third-order valence-corrected chi connectivity index (χ3v) is 3.82. The van der Waals surface area contributed by atoms with Crippen LogP contribution in [0.15, 0.2) is 0 Å². The number of hydrogen-bond acceptors (Lipinski definition) is 3. The Bertz CT molecular complexity index is 440. The van der Waals surface area contributed by atoms with Crippen molar-refractivity contribution in [3.05, 3.63) is 0 Å². The van der Waals surface area contributed by atoms with Gasteiger partial charge in [-0.3, -0.25) is 14.4 Å². The van der Waals surface area contributed by atoms with Gasteiger partial charge in [0.05, 0.1) is 0 Å². The van der Waals surface area contributed by atoms with Gasteiger partial charge in [0.25, 0.3) is 0 Å². The summed E-state index contributed by atoms with van der Waals surface area (Å²) in [5, 5.41) is 12.0. The molecule has 1 aliphatic heterocycles. The summed E-state index contributed by atoms with van der Waals surface area (Å²) in [6.07, 6.45) is 0.611. The predicted molar refractivity (Wildman–Crippen MR) is 83.2 cm³/mol. The number of nitrogens with zero attached hydrogens (tertiary/aromatic N) is 1. The first-order valence-electron chi connectivity index (χ1n) is 7.82. The highest BCUT2D eigenvalue weighted by Crippen LogP contribution is 2.23. The second-order valence-electron chi connectivity index (χ2n) is 7.52. The lowest BCUT2D eigenvalue weighted by Gasteiger charge is -2.39. The van der Waals surface area contributed by atoms with E-state index in [1.165, 1.54) is 0 Å². The summed E-state index contributed by atoms with van der Waals surface area (Å²) in [7, 11) is 0. The van der Waals surface area contributed by atoms with Crippen LogP contribution in [0.5, 0.6) is 0 Å². The van der Waals surface area contributed by atoms with Crippen molar-refractivity contribution < 1.29 is 19.5 Å². The molecular formula is C16H28N2O4. The minimum atomic E-state index is -0.871. The smallest absolute Gasteiger partial charge is 0.303 e. The average molecular weight is 312 g/mol. The summed E-state index contributed by atoms with van der Waals surface area (Å²) in [5.41, 5.74) is -0.507. The predicted octanol–water partition coefficient (Wildman–Crippen LogP) is 1.50. The van der Waals surface area contributed by atoms with Gasteiger partial charge in [-0.2, -0.15) is 0 Å². The van der Waals surface area contributed by atoms with E-state index in [2.05, 4.69) is 5.32 Å². The molecule has 2 atom stereocenters. The van der Waals surface area contributed by atoms with E-state index in [1.807, 2.05) is 34.6 Å². The maximum atomic E-state index is 12.2. The Kier molecular flexibility index (Phi) is 5.97. The standard InChI is InChI=1S/C16H28N2O4/c1-10(2)14(21)18-8-11(7-13(19)20)6-12(9-18)17-15(22)16(3,4)5/h10-12H,6-9H2,1-5H3,(H,17,22)(H,19,20). The fourth-order valence-corrected chi connectivity index (χ4v) is 2.65. The van der Waals surface area contributed by atoms with E-state index in [0.717, 1.165) is 0 Å². The lowest BCUT2D eigenvalue weighted by molar-refractivity contribution is -0.142. The van der Waals surface area contributed by atoms with Crippen LogP contribution in [-0.4, -0.2) is 46.9 Å². The molecule has 1 heterocycles. The monoisotopic (exact) mass is 312 g/mol. The van der Waals surface area contributed by atoms with Crippen molar-refractivity contribution >= 4 is 17.8 Å². The Balaban J connectivity index is 2.81. The molecule has 1 rings (SSSR count). The molecule has 0 radical (unpaired) electrons. The Labute approximate surface area is 132 Å². The molecule has 0 spiro atoms. The molecule has 2 N–H and O–H groups in total. The van der Waals surface area contributed by atoms with Crippen LogP contribution in [-0.2, 0) is 14.4 Å². The molecule has 0 saturated carbocycles. The lowest BCUT2D eigenvalue weighted by Crippen LogP contribution is -2.55. The number of amides is 2. The summed E-state index contributed by atoms with van der Waals surface area (Å²) in [6, 6.07) is -0.187. The third kappa shape index (κ3) is 5.31. The van der Waals surface area contributed by atoms with Crippen LogP contribution in [0.3, 0.4) is 0 Å². The Morgan fingerprint density at radius 1 is 1.23 bits per heavy atom. The zero-order valence-electron chi connectivity index (χ0n) is 14.2. The van der Waals surface area contributed by atoms with Crippen LogP contribution in [0.2, 0.25) is 0 Å². The number of aliphatic carboxylic acids is 1. The Morgan fingerprint density at radius 3 is 2.27 bits per heavy atom. The summed E-state index contributed by atoms with van der Waals surface area (Å²) in [5.74, 6) is -1.21. The van der Waals surface area contributed by atoms with Gasteiger partial charge in [0.2, 0.25) is 11.8 Å². The van der Waals surface area contributed by atoms with Crippen molar-refractivity contribution in [3.63, 3.8) is 0 Å². The van der Waals surface area contributed by atoms with E-state index in [4.69, 9.17) is 5.11 Å². The normalized spacial score (nSPS) is 22.5. The first-order chi connectivity index (χ1) is 10.0. The van der Waals surface area contributed by atoms with Crippen LogP contribution in [0.4, 0.5) is 0 Å². The highest BCUT2D eigenvalue weighted by molar-refractivity contribution is 5.82. The molecule has 22 heavy (non-hydrogen) atoms. The number of nitrogens with one attached hydrogen (secondary N) is 1. The van der Waals surface area contributed by atoms with Crippen molar-refractivity contribution in [2.45, 2.75) is 53.5 Å². The Hall–Kier alpha value is -1.59. The van der Waals surface area contributed by atoms with Gasteiger partial charge in [-0.15, -0.1) is 0 Å². The molecular weight excluding hydrogens is 284 g/mol. The lowest BCUT2D eigenvalue weighted by atomic mass is 9.89. The Morgan fingerprint density at radius 2 is 1.82 bits per heavy atom. The minimum Gasteiger partial charge on any atom is -0.481 e. The topological polar surface area (TPSA) is 86.7 Å². The van der Waals surface area contributed by atoms with E-state index in [-0.39, 0.29) is 36.1 Å². The first kappa shape index (κ1) is 18.5. The minimum absolute atomic E-state index is 0.00472. The van der Waals surface area contributed by atoms with Crippen LogP contribution in [0.1, 0.15) is 47.5 Å². The number of piperidine rings is 1. The van der Waals surface area contributed by atoms with Crippen molar-refractivity contribution in [2.24, 2.45) is 17.3 Å². The van der Waals surface area contributed by atoms with Gasteiger partial charge >= 0.3 is 5.97 Å². The summed E-state index contributed by atoms with van der Waals surface area (Å²) in [4.78, 5) is 37.0. The summed E-state index contributed by atoms with van der Waals surface area (Å²) in [6.45, 7) is 10.0. The number of carboxylic acids is 1. The molecule has 1 saturated heterocycles. The van der Waals surface area contributed by atoms with Crippen LogP contribution in [0, 0.1) is 17.3 Å². The maximum absolute atomic E-state index is 12.2. The molecule has 6 heteroatoms. The second kappa shape index (κ2) is 7.11. The molecule has 1 fully saturated rings. The van der Waals surface area contributed by atoms with E-state index in [0.29, 0.717) is 19.5 Å². The van der Waals surface area contributed by atoms with Gasteiger partial charge in [0, 0.05) is 36.9 Å². The molecule has 0 aromatic rings. The fourth-order valence-electron chi connectivity index (χ4n) is 2.65. The van der Waals surface area contributed by atoms with Gasteiger partial charge in [0.15, 0.2) is 0 Å². The van der Waals surface area contributed by atoms with Gasteiger partial charge in [-0.1, -0.05) is 34.6 Å². The fraction of sp³-hybridized carbons (Fsp3) is 0.812. The van der Waals surface area contributed by atoms with Crippen molar-refractivity contribution in [1.82, 2.24) is 10.2 Å². The van der Waals surface area contributed by atoms with Crippen molar-refractivity contribution in [3.8, 4) is 0 Å². The zero-order valence-corrected chi connectivity index (χ0v) is 14.2. The number of carbonyl (C=O) groups excluding carboxylic acids is 2. The van der Waals surface area contributed by atoms with Gasteiger partial charge in [0.1, 0.15) is 0 Å². The summed E-state index contributed by atoms with van der Waals surface area (Å²) < 4.78 is 0. The van der Waals surface area contributed by atoms with E-state index < -0.39 is 11.4 Å². The van der Waals surface area contributed by atoms with Crippen LogP contribution in [0.25, 0.3) is 0 Å². The first-order valence-corrected chi connectivity index (χ1v) is 7.82. The highest BCUT2D eigenvalue weighted by Gasteiger charge is 2.34. The SMILES string of the molecule is CC(C)C(=O)N1CC(CC(=O)O)CC(NC(=O)C(C)(C)C)C1. The zero-order chi connectivity index (χ0) is 17.1. The van der Waals surface area contributed by atoms with Crippen molar-refractivity contribution in [1.29, 1.82) is 0 Å².